The van der Waals surface area contributed by atoms with Crippen LogP contribution < -0.4 is 0 Å². The van der Waals surface area contributed by atoms with E-state index >= 15 is 0 Å². The predicted molar refractivity (Wildman–Crippen MR) is 132 cm³/mol. The fourth-order valence-corrected chi connectivity index (χ4v) is 3.92. The van der Waals surface area contributed by atoms with Crippen LogP contribution in [0.4, 0.5) is 0 Å². The third-order valence-electron chi connectivity index (χ3n) is 5.51. The van der Waals surface area contributed by atoms with Crippen molar-refractivity contribution in [1.82, 2.24) is 14.4 Å². The molecule has 5 nitrogen and oxygen atoms in total. The van der Waals surface area contributed by atoms with Crippen LogP contribution in [0.15, 0.2) is 42.6 Å². The molecule has 0 aliphatic heterocycles. The molecule has 0 N–H and O–H groups in total. The average molecular weight is 460 g/mol. The quantitative estimate of drug-likeness (QED) is 0.414. The summed E-state index contributed by atoms with van der Waals surface area (Å²) < 4.78 is 2.13. The molecule has 0 fully saturated rings. The van der Waals surface area contributed by atoms with E-state index in [1.54, 1.807) is 4.90 Å². The third kappa shape index (κ3) is 7.70. The zero-order valence-electron chi connectivity index (χ0n) is 20.2. The lowest BCUT2D eigenvalue weighted by molar-refractivity contribution is -0.142. The molecule has 0 aliphatic carbocycles. The molecule has 1 heterocycles. The Morgan fingerprint density at radius 2 is 1.75 bits per heavy atom. The van der Waals surface area contributed by atoms with E-state index in [4.69, 9.17) is 11.6 Å². The predicted octanol–water partition coefficient (Wildman–Crippen LogP) is 5.60. The molecule has 0 saturated carbocycles. The molecule has 176 valence electrons. The first-order valence-electron chi connectivity index (χ1n) is 11.7. The molecule has 0 aliphatic rings. The number of amides is 2. The highest BCUT2D eigenvalue weighted by atomic mass is 35.5. The second-order valence-electron chi connectivity index (χ2n) is 9.11. The van der Waals surface area contributed by atoms with Crippen molar-refractivity contribution < 1.29 is 9.59 Å². The van der Waals surface area contributed by atoms with Gasteiger partial charge in [0.05, 0.1) is 13.1 Å². The number of carbonyl (C=O) groups is 2. The highest BCUT2D eigenvalue weighted by molar-refractivity contribution is 6.31. The van der Waals surface area contributed by atoms with Gasteiger partial charge in [0, 0.05) is 42.5 Å². The monoisotopic (exact) mass is 459 g/mol. The van der Waals surface area contributed by atoms with Gasteiger partial charge >= 0.3 is 0 Å². The van der Waals surface area contributed by atoms with Crippen molar-refractivity contribution >= 4 is 23.4 Å². The van der Waals surface area contributed by atoms with Crippen molar-refractivity contribution in [3.05, 3.63) is 58.9 Å². The highest BCUT2D eigenvalue weighted by Crippen LogP contribution is 2.19. The number of halogens is 1. The summed E-state index contributed by atoms with van der Waals surface area (Å²) >= 11 is 6.36. The summed E-state index contributed by atoms with van der Waals surface area (Å²) in [5.74, 6) is 0.374. The van der Waals surface area contributed by atoms with Crippen LogP contribution in [-0.4, -0.2) is 45.3 Å². The Labute approximate surface area is 198 Å². The van der Waals surface area contributed by atoms with Crippen molar-refractivity contribution in [2.45, 2.75) is 73.0 Å². The normalized spacial score (nSPS) is 11.2. The van der Waals surface area contributed by atoms with Gasteiger partial charge in [-0.2, -0.15) is 0 Å². The van der Waals surface area contributed by atoms with Crippen molar-refractivity contribution in [1.29, 1.82) is 0 Å². The standard InChI is InChI=1S/C26H38ClN3O2/c1-6-7-14-25(31)30(21(4)5)19-26(32)29(16-20(2)3)18-23-12-10-15-28(23)17-22-11-8-9-13-24(22)27/h8-13,15,20-21H,6-7,14,16-19H2,1-5H3. The Balaban J connectivity index is 2.16. The molecule has 0 radical (unpaired) electrons. The van der Waals surface area contributed by atoms with Crippen molar-refractivity contribution in [2.75, 3.05) is 13.1 Å². The number of carbonyl (C=O) groups excluding carboxylic acids is 2. The average Bonchev–Trinajstić information content (AvgIpc) is 3.17. The van der Waals surface area contributed by atoms with Gasteiger partial charge in [-0.25, -0.2) is 0 Å². The maximum absolute atomic E-state index is 13.3. The molecular weight excluding hydrogens is 422 g/mol. The molecule has 2 aromatic rings. The first-order valence-corrected chi connectivity index (χ1v) is 12.0. The number of nitrogens with zero attached hydrogens (tertiary/aromatic N) is 3. The molecule has 0 unspecified atom stereocenters. The fourth-order valence-electron chi connectivity index (χ4n) is 3.72. The van der Waals surface area contributed by atoms with Crippen LogP contribution in [0.2, 0.25) is 5.02 Å². The zero-order chi connectivity index (χ0) is 23.7. The van der Waals surface area contributed by atoms with E-state index < -0.39 is 0 Å². The van der Waals surface area contributed by atoms with E-state index in [0.29, 0.717) is 32.0 Å². The number of rotatable bonds is 12. The first-order chi connectivity index (χ1) is 15.2. The van der Waals surface area contributed by atoms with Gasteiger partial charge in [0.25, 0.3) is 0 Å². The van der Waals surface area contributed by atoms with E-state index in [-0.39, 0.29) is 24.4 Å². The summed E-state index contributed by atoms with van der Waals surface area (Å²) in [4.78, 5) is 29.6. The summed E-state index contributed by atoms with van der Waals surface area (Å²) in [7, 11) is 0. The minimum absolute atomic E-state index is 0.00621. The van der Waals surface area contributed by atoms with Crippen molar-refractivity contribution in [2.24, 2.45) is 5.92 Å². The van der Waals surface area contributed by atoms with Gasteiger partial charge < -0.3 is 14.4 Å². The maximum atomic E-state index is 13.3. The van der Waals surface area contributed by atoms with Crippen molar-refractivity contribution in [3.8, 4) is 0 Å². The molecule has 6 heteroatoms. The summed E-state index contributed by atoms with van der Waals surface area (Å²) in [5.41, 5.74) is 2.09. The number of aromatic nitrogens is 1. The first kappa shape index (κ1) is 26.0. The summed E-state index contributed by atoms with van der Waals surface area (Å²) in [6.45, 7) is 12.1. The zero-order valence-corrected chi connectivity index (χ0v) is 20.9. The molecule has 0 spiro atoms. The van der Waals surface area contributed by atoms with Gasteiger partial charge in [-0.1, -0.05) is 57.0 Å². The number of hydrogen-bond donors (Lipinski definition) is 0. The summed E-state index contributed by atoms with van der Waals surface area (Å²) in [6, 6.07) is 11.9. The van der Waals surface area contributed by atoms with Crippen LogP contribution in [0.3, 0.4) is 0 Å². The largest absolute Gasteiger partial charge is 0.345 e. The summed E-state index contributed by atoms with van der Waals surface area (Å²) in [6.07, 6.45) is 4.33. The van der Waals surface area contributed by atoms with Crippen LogP contribution >= 0.6 is 11.6 Å². The van der Waals surface area contributed by atoms with Crippen molar-refractivity contribution in [3.63, 3.8) is 0 Å². The van der Waals surface area contributed by atoms with Crippen LogP contribution in [0.1, 0.15) is 65.1 Å². The van der Waals surface area contributed by atoms with Gasteiger partial charge in [0.2, 0.25) is 11.8 Å². The number of hydrogen-bond acceptors (Lipinski definition) is 2. The lowest BCUT2D eigenvalue weighted by atomic mass is 10.1. The van der Waals surface area contributed by atoms with Gasteiger partial charge in [-0.15, -0.1) is 0 Å². The van der Waals surface area contributed by atoms with E-state index in [9.17, 15) is 9.59 Å². The van der Waals surface area contributed by atoms with E-state index in [2.05, 4.69) is 25.3 Å². The number of benzene rings is 1. The smallest absolute Gasteiger partial charge is 0.242 e. The van der Waals surface area contributed by atoms with Crippen LogP contribution in [0.25, 0.3) is 0 Å². The van der Waals surface area contributed by atoms with Gasteiger partial charge in [-0.3, -0.25) is 9.59 Å². The highest BCUT2D eigenvalue weighted by Gasteiger charge is 2.24. The molecule has 2 rings (SSSR count). The molecule has 32 heavy (non-hydrogen) atoms. The lowest BCUT2D eigenvalue weighted by Crippen LogP contribution is -2.46. The van der Waals surface area contributed by atoms with Crippen LogP contribution in [-0.2, 0) is 22.7 Å². The Kier molecular flexibility index (Phi) is 10.3. The second kappa shape index (κ2) is 12.7. The minimum Gasteiger partial charge on any atom is -0.345 e. The molecule has 0 atom stereocenters. The molecule has 1 aromatic carbocycles. The van der Waals surface area contributed by atoms with Crippen LogP contribution in [0, 0.1) is 5.92 Å². The molecular formula is C26H38ClN3O2. The molecule has 2 amide bonds. The fraction of sp³-hybridized carbons (Fsp3) is 0.538. The Morgan fingerprint density at radius 3 is 2.38 bits per heavy atom. The maximum Gasteiger partial charge on any atom is 0.242 e. The molecule has 1 aromatic heterocycles. The molecule has 0 bridgehead atoms. The van der Waals surface area contributed by atoms with Gasteiger partial charge in [0.1, 0.15) is 0 Å². The Hall–Kier alpha value is -2.27. The Morgan fingerprint density at radius 1 is 1.03 bits per heavy atom. The van der Waals surface area contributed by atoms with Crippen LogP contribution in [0.5, 0.6) is 0 Å². The third-order valence-corrected chi connectivity index (χ3v) is 5.88. The van der Waals surface area contributed by atoms with E-state index in [1.807, 2.05) is 61.3 Å². The summed E-state index contributed by atoms with van der Waals surface area (Å²) in [5, 5.41) is 0.737. The minimum atomic E-state index is -0.0114. The van der Waals surface area contributed by atoms with E-state index in [0.717, 1.165) is 29.1 Å². The lowest BCUT2D eigenvalue weighted by Gasteiger charge is -2.31. The van der Waals surface area contributed by atoms with Gasteiger partial charge in [-0.05, 0) is 49.9 Å². The second-order valence-corrected chi connectivity index (χ2v) is 9.51. The molecule has 0 saturated heterocycles. The van der Waals surface area contributed by atoms with E-state index in [1.165, 1.54) is 0 Å². The topological polar surface area (TPSA) is 45.6 Å². The number of unbranched alkanes of at least 4 members (excludes halogenated alkanes) is 1. The Bertz CT molecular complexity index is 875. The SMILES string of the molecule is CCCCC(=O)N(CC(=O)N(Cc1cccn1Cc1ccccc1Cl)CC(C)C)C(C)C. The van der Waals surface area contributed by atoms with Gasteiger partial charge in [0.15, 0.2) is 0 Å².